The number of cyclic esters (lactones) is 1. The Bertz CT molecular complexity index is 919. The van der Waals surface area contributed by atoms with Gasteiger partial charge in [-0.2, -0.15) is 0 Å². The number of ether oxygens (including phenoxy) is 2. The summed E-state index contributed by atoms with van der Waals surface area (Å²) in [6.45, 7) is 6.56. The standard InChI is InChI=1S/C25H35FN4O5/c1-18-17-28(13-14-30(18)20-5-3-19(26)4-6-20)10-7-21-15-25(23(32)35-21)8-11-29(12-9-25)22(31)16-27-24(33)34-2/h3-6,18,21H,7-17H2,1-2H3,(H,27,33)/t18-,21-/m0/s1. The molecule has 3 aliphatic heterocycles. The van der Waals surface area contributed by atoms with Crippen LogP contribution in [0.4, 0.5) is 14.9 Å². The molecule has 35 heavy (non-hydrogen) atoms. The van der Waals surface area contributed by atoms with E-state index in [0.717, 1.165) is 38.3 Å². The minimum absolute atomic E-state index is 0.101. The Hall–Kier alpha value is -2.88. The molecule has 9 nitrogen and oxygen atoms in total. The first-order valence-corrected chi connectivity index (χ1v) is 12.3. The zero-order valence-corrected chi connectivity index (χ0v) is 20.5. The predicted molar refractivity (Wildman–Crippen MR) is 127 cm³/mol. The lowest BCUT2D eigenvalue weighted by Gasteiger charge is -2.41. The lowest BCUT2D eigenvalue weighted by atomic mass is 9.75. The van der Waals surface area contributed by atoms with Gasteiger partial charge in [-0.05, 0) is 50.5 Å². The van der Waals surface area contributed by atoms with E-state index >= 15 is 0 Å². The monoisotopic (exact) mass is 490 g/mol. The van der Waals surface area contributed by atoms with Crippen molar-refractivity contribution in [3.63, 3.8) is 0 Å². The second-order valence-electron chi connectivity index (χ2n) is 9.85. The fourth-order valence-corrected chi connectivity index (χ4v) is 5.50. The van der Waals surface area contributed by atoms with Crippen LogP contribution in [0, 0.1) is 11.2 Å². The van der Waals surface area contributed by atoms with Crippen molar-refractivity contribution in [2.24, 2.45) is 5.41 Å². The van der Waals surface area contributed by atoms with Gasteiger partial charge < -0.3 is 24.6 Å². The highest BCUT2D eigenvalue weighted by Gasteiger charge is 2.50. The molecule has 2 atom stereocenters. The van der Waals surface area contributed by atoms with Crippen molar-refractivity contribution in [1.82, 2.24) is 15.1 Å². The lowest BCUT2D eigenvalue weighted by Crippen LogP contribution is -2.52. The number of amides is 2. The Morgan fingerprint density at radius 2 is 1.89 bits per heavy atom. The van der Waals surface area contributed by atoms with Crippen molar-refractivity contribution in [2.45, 2.75) is 44.8 Å². The first-order valence-electron chi connectivity index (χ1n) is 12.3. The molecule has 0 bridgehead atoms. The largest absolute Gasteiger partial charge is 0.462 e. The molecule has 3 heterocycles. The van der Waals surface area contributed by atoms with Crippen LogP contribution in [-0.4, -0.2) is 92.8 Å². The van der Waals surface area contributed by atoms with Crippen LogP contribution < -0.4 is 10.2 Å². The Balaban J connectivity index is 1.21. The maximum Gasteiger partial charge on any atom is 0.407 e. The van der Waals surface area contributed by atoms with Crippen molar-refractivity contribution in [3.05, 3.63) is 30.1 Å². The summed E-state index contributed by atoms with van der Waals surface area (Å²) >= 11 is 0. The Kier molecular flexibility index (Phi) is 7.78. The van der Waals surface area contributed by atoms with E-state index in [1.165, 1.54) is 19.2 Å². The van der Waals surface area contributed by atoms with E-state index in [1.807, 2.05) is 12.1 Å². The molecule has 0 aliphatic carbocycles. The van der Waals surface area contributed by atoms with Crippen molar-refractivity contribution < 1.29 is 28.2 Å². The number of hydrogen-bond acceptors (Lipinski definition) is 7. The molecule has 1 N–H and O–H groups in total. The van der Waals surface area contributed by atoms with Gasteiger partial charge in [0.05, 0.1) is 12.5 Å². The highest BCUT2D eigenvalue weighted by molar-refractivity contribution is 5.83. The number of nitrogens with zero attached hydrogens (tertiary/aromatic N) is 3. The van der Waals surface area contributed by atoms with Gasteiger partial charge in [-0.1, -0.05) is 0 Å². The number of carbonyl (C=O) groups is 3. The van der Waals surface area contributed by atoms with Crippen LogP contribution in [0.5, 0.6) is 0 Å². The fourth-order valence-electron chi connectivity index (χ4n) is 5.50. The zero-order chi connectivity index (χ0) is 25.0. The molecular formula is C25H35FN4O5. The summed E-state index contributed by atoms with van der Waals surface area (Å²) in [6, 6.07) is 6.96. The first kappa shape index (κ1) is 25.2. The third-order valence-corrected chi connectivity index (χ3v) is 7.60. The lowest BCUT2D eigenvalue weighted by molar-refractivity contribution is -0.152. The number of halogens is 1. The molecule has 1 spiro atoms. The number of likely N-dealkylation sites (tertiary alicyclic amines) is 1. The van der Waals surface area contributed by atoms with Gasteiger partial charge in [0, 0.05) is 57.4 Å². The summed E-state index contributed by atoms with van der Waals surface area (Å²) < 4.78 is 23.5. The van der Waals surface area contributed by atoms with Crippen LogP contribution >= 0.6 is 0 Å². The van der Waals surface area contributed by atoms with Crippen molar-refractivity contribution >= 4 is 23.7 Å². The van der Waals surface area contributed by atoms with Crippen LogP contribution in [0.1, 0.15) is 32.6 Å². The fraction of sp³-hybridized carbons (Fsp3) is 0.640. The Morgan fingerprint density at radius 1 is 1.17 bits per heavy atom. The number of piperazine rings is 1. The second kappa shape index (κ2) is 10.8. The van der Waals surface area contributed by atoms with Crippen molar-refractivity contribution in [2.75, 3.05) is 57.8 Å². The number of anilines is 1. The molecule has 3 saturated heterocycles. The summed E-state index contributed by atoms with van der Waals surface area (Å²) in [5.41, 5.74) is 0.530. The number of piperidine rings is 1. The molecule has 3 fully saturated rings. The van der Waals surface area contributed by atoms with Gasteiger partial charge in [0.2, 0.25) is 5.91 Å². The number of methoxy groups -OCH3 is 1. The predicted octanol–water partition coefficient (Wildman–Crippen LogP) is 2.01. The Labute approximate surface area is 205 Å². The summed E-state index contributed by atoms with van der Waals surface area (Å²) in [7, 11) is 1.25. The molecule has 192 valence electrons. The minimum Gasteiger partial charge on any atom is -0.462 e. The molecule has 0 unspecified atom stereocenters. The average Bonchev–Trinajstić information content (AvgIpc) is 3.16. The van der Waals surface area contributed by atoms with Gasteiger partial charge in [-0.15, -0.1) is 0 Å². The van der Waals surface area contributed by atoms with Crippen LogP contribution in [0.25, 0.3) is 0 Å². The molecule has 2 amide bonds. The third kappa shape index (κ3) is 5.86. The molecule has 4 rings (SSSR count). The topological polar surface area (TPSA) is 91.4 Å². The highest BCUT2D eigenvalue weighted by atomic mass is 19.1. The zero-order valence-electron chi connectivity index (χ0n) is 20.5. The minimum atomic E-state index is -0.639. The number of benzene rings is 1. The maximum absolute atomic E-state index is 13.2. The van der Waals surface area contributed by atoms with E-state index in [-0.39, 0.29) is 30.3 Å². The summed E-state index contributed by atoms with van der Waals surface area (Å²) in [4.78, 5) is 42.7. The molecule has 10 heteroatoms. The molecule has 1 aromatic rings. The molecule has 0 radical (unpaired) electrons. The van der Waals surface area contributed by atoms with Gasteiger partial charge in [0.25, 0.3) is 0 Å². The van der Waals surface area contributed by atoms with Gasteiger partial charge >= 0.3 is 12.1 Å². The molecule has 0 aromatic heterocycles. The van der Waals surface area contributed by atoms with Crippen LogP contribution in [-0.2, 0) is 19.1 Å². The van der Waals surface area contributed by atoms with E-state index in [9.17, 15) is 18.8 Å². The highest BCUT2D eigenvalue weighted by Crippen LogP contribution is 2.44. The molecule has 3 aliphatic rings. The number of nitrogens with one attached hydrogen (secondary N) is 1. The number of rotatable bonds is 6. The third-order valence-electron chi connectivity index (χ3n) is 7.60. The normalized spacial score (nSPS) is 24.4. The molecular weight excluding hydrogens is 455 g/mol. The van der Waals surface area contributed by atoms with E-state index in [0.29, 0.717) is 38.4 Å². The summed E-state index contributed by atoms with van der Waals surface area (Å²) in [6.07, 6.45) is 1.91. The quantitative estimate of drug-likeness (QED) is 0.610. The van der Waals surface area contributed by atoms with Crippen molar-refractivity contribution in [1.29, 1.82) is 0 Å². The van der Waals surface area contributed by atoms with E-state index in [4.69, 9.17) is 4.74 Å². The Morgan fingerprint density at radius 3 is 2.54 bits per heavy atom. The van der Waals surface area contributed by atoms with E-state index < -0.39 is 11.5 Å². The van der Waals surface area contributed by atoms with Gasteiger partial charge in [0.1, 0.15) is 18.5 Å². The van der Waals surface area contributed by atoms with Crippen molar-refractivity contribution in [3.8, 4) is 0 Å². The van der Waals surface area contributed by atoms with E-state index in [2.05, 4.69) is 26.8 Å². The SMILES string of the molecule is COC(=O)NCC(=O)N1CCC2(CC1)C[C@H](CCN1CCN(c3ccc(F)cc3)[C@@H](C)C1)OC2=O. The number of carbonyl (C=O) groups excluding carboxylic acids is 3. The first-order chi connectivity index (χ1) is 16.8. The number of alkyl carbamates (subject to hydrolysis) is 1. The summed E-state index contributed by atoms with van der Waals surface area (Å²) in [5, 5.41) is 2.40. The molecule has 1 aromatic carbocycles. The van der Waals surface area contributed by atoms with Crippen LogP contribution in [0.3, 0.4) is 0 Å². The van der Waals surface area contributed by atoms with Gasteiger partial charge in [-0.3, -0.25) is 14.5 Å². The van der Waals surface area contributed by atoms with Crippen LogP contribution in [0.2, 0.25) is 0 Å². The number of esters is 1. The van der Waals surface area contributed by atoms with Gasteiger partial charge in [-0.25, -0.2) is 9.18 Å². The van der Waals surface area contributed by atoms with Gasteiger partial charge in [0.15, 0.2) is 0 Å². The summed E-state index contributed by atoms with van der Waals surface area (Å²) in [5.74, 6) is -0.546. The van der Waals surface area contributed by atoms with E-state index in [1.54, 1.807) is 4.90 Å². The number of hydrogen-bond donors (Lipinski definition) is 1. The smallest absolute Gasteiger partial charge is 0.407 e. The van der Waals surface area contributed by atoms with Crippen LogP contribution in [0.15, 0.2) is 24.3 Å². The maximum atomic E-state index is 13.2. The second-order valence-corrected chi connectivity index (χ2v) is 9.85. The molecule has 0 saturated carbocycles. The average molecular weight is 491 g/mol.